The molecule has 102 valence electrons. The van der Waals surface area contributed by atoms with Gasteiger partial charge in [-0.05, 0) is 13.0 Å². The SMILES string of the molecule is NC(C=O)(CCNC(C=O)C(O)C=O)C(O)C=O. The van der Waals surface area contributed by atoms with Gasteiger partial charge in [-0.25, -0.2) is 0 Å². The summed E-state index contributed by atoms with van der Waals surface area (Å²) in [5, 5.41) is 20.8. The first-order valence-electron chi connectivity index (χ1n) is 5.15. The lowest BCUT2D eigenvalue weighted by Crippen LogP contribution is -2.55. The van der Waals surface area contributed by atoms with Crippen LogP contribution in [0, 0.1) is 0 Å². The van der Waals surface area contributed by atoms with Crippen LogP contribution >= 0.6 is 0 Å². The van der Waals surface area contributed by atoms with E-state index in [4.69, 9.17) is 10.8 Å². The standard InChI is InChI=1S/C10H16N2O6/c11-10(6-16,9(18)5-15)1-2-12-7(3-13)8(17)4-14/h3-9,12,17-18H,1-2,11H2. The molecular formula is C10H16N2O6. The number of nitrogens with one attached hydrogen (secondary N) is 1. The zero-order chi connectivity index (χ0) is 14.2. The van der Waals surface area contributed by atoms with Crippen LogP contribution in [0.4, 0.5) is 0 Å². The third-order valence-electron chi connectivity index (χ3n) is 2.49. The summed E-state index contributed by atoms with van der Waals surface area (Å²) < 4.78 is 0. The van der Waals surface area contributed by atoms with E-state index in [0.717, 1.165) is 0 Å². The summed E-state index contributed by atoms with van der Waals surface area (Å²) in [6.45, 7) is -0.0472. The van der Waals surface area contributed by atoms with Crippen LogP contribution in [0.25, 0.3) is 0 Å². The van der Waals surface area contributed by atoms with E-state index in [2.05, 4.69) is 5.32 Å². The topological polar surface area (TPSA) is 147 Å². The Morgan fingerprint density at radius 2 is 1.72 bits per heavy atom. The summed E-state index contributed by atoms with van der Waals surface area (Å²) in [7, 11) is 0. The largest absolute Gasteiger partial charge is 0.384 e. The molecule has 0 bridgehead atoms. The summed E-state index contributed by atoms with van der Waals surface area (Å²) in [4.78, 5) is 41.9. The minimum Gasteiger partial charge on any atom is -0.384 e. The first kappa shape index (κ1) is 16.5. The second-order valence-corrected chi connectivity index (χ2v) is 3.80. The molecule has 0 aromatic heterocycles. The van der Waals surface area contributed by atoms with Crippen LogP contribution in [0.1, 0.15) is 6.42 Å². The molecule has 18 heavy (non-hydrogen) atoms. The van der Waals surface area contributed by atoms with Crippen LogP contribution in [-0.2, 0) is 19.2 Å². The highest BCUT2D eigenvalue weighted by molar-refractivity contribution is 5.74. The van der Waals surface area contributed by atoms with Crippen molar-refractivity contribution < 1.29 is 29.4 Å². The third-order valence-corrected chi connectivity index (χ3v) is 2.49. The lowest BCUT2D eigenvalue weighted by molar-refractivity contribution is -0.126. The van der Waals surface area contributed by atoms with Gasteiger partial charge in [0.05, 0.1) is 6.04 Å². The molecule has 5 N–H and O–H groups in total. The minimum absolute atomic E-state index is 0.0472. The maximum atomic E-state index is 10.7. The van der Waals surface area contributed by atoms with Gasteiger partial charge in [-0.1, -0.05) is 0 Å². The molecule has 0 saturated heterocycles. The Kier molecular flexibility index (Phi) is 7.13. The van der Waals surface area contributed by atoms with Gasteiger partial charge in [-0.15, -0.1) is 0 Å². The highest BCUT2D eigenvalue weighted by Gasteiger charge is 2.33. The Bertz CT molecular complexity index is 311. The Balaban J connectivity index is 4.38. The highest BCUT2D eigenvalue weighted by Crippen LogP contribution is 2.07. The van der Waals surface area contributed by atoms with Crippen LogP contribution in [0.15, 0.2) is 0 Å². The Morgan fingerprint density at radius 1 is 1.11 bits per heavy atom. The van der Waals surface area contributed by atoms with E-state index in [0.29, 0.717) is 6.29 Å². The normalized spacial score (nSPS) is 19.1. The monoisotopic (exact) mass is 260 g/mol. The minimum atomic E-state index is -1.77. The molecule has 0 aromatic rings. The predicted octanol–water partition coefficient (Wildman–Crippen LogP) is -3.45. The number of hydrogen-bond donors (Lipinski definition) is 4. The summed E-state index contributed by atoms with van der Waals surface area (Å²) in [6.07, 6.45) is -2.45. The van der Waals surface area contributed by atoms with Crippen molar-refractivity contribution >= 4 is 25.1 Å². The Labute approximate surface area is 103 Å². The van der Waals surface area contributed by atoms with E-state index in [1.165, 1.54) is 0 Å². The average Bonchev–Trinajstić information content (AvgIpc) is 2.41. The number of carbonyl (C=O) groups is 4. The van der Waals surface area contributed by atoms with E-state index in [1.54, 1.807) is 0 Å². The molecule has 0 aliphatic rings. The third kappa shape index (κ3) is 4.41. The Morgan fingerprint density at radius 3 is 2.11 bits per heavy atom. The number of rotatable bonds is 10. The van der Waals surface area contributed by atoms with Crippen LogP contribution in [-0.4, -0.2) is 65.7 Å². The van der Waals surface area contributed by atoms with Crippen molar-refractivity contribution in [3.8, 4) is 0 Å². The molecule has 0 fully saturated rings. The fourth-order valence-electron chi connectivity index (χ4n) is 1.19. The number of hydrogen-bond acceptors (Lipinski definition) is 8. The molecule has 0 radical (unpaired) electrons. The van der Waals surface area contributed by atoms with Crippen molar-refractivity contribution in [2.24, 2.45) is 5.73 Å². The molecule has 0 aromatic carbocycles. The maximum Gasteiger partial charge on any atom is 0.150 e. The molecule has 0 rings (SSSR count). The molecule has 4 atom stereocenters. The summed E-state index contributed by atoms with van der Waals surface area (Å²) in [5.74, 6) is 0. The fourth-order valence-corrected chi connectivity index (χ4v) is 1.19. The molecule has 0 heterocycles. The van der Waals surface area contributed by atoms with Gasteiger partial charge in [0, 0.05) is 0 Å². The van der Waals surface area contributed by atoms with E-state index in [9.17, 15) is 24.3 Å². The molecule has 8 heteroatoms. The van der Waals surface area contributed by atoms with E-state index in [1.807, 2.05) is 0 Å². The average molecular weight is 260 g/mol. The Hall–Kier alpha value is -1.48. The van der Waals surface area contributed by atoms with Crippen molar-refractivity contribution in [3.63, 3.8) is 0 Å². The molecule has 0 saturated carbocycles. The second kappa shape index (κ2) is 7.77. The number of aliphatic hydroxyl groups is 2. The number of nitrogens with two attached hydrogens (primary N) is 1. The molecule has 0 aliphatic carbocycles. The number of aldehydes is 4. The van der Waals surface area contributed by atoms with Crippen molar-refractivity contribution in [3.05, 3.63) is 0 Å². The van der Waals surface area contributed by atoms with E-state index < -0.39 is 23.8 Å². The van der Waals surface area contributed by atoms with Crippen LogP contribution in [0.2, 0.25) is 0 Å². The zero-order valence-electron chi connectivity index (χ0n) is 9.56. The smallest absolute Gasteiger partial charge is 0.150 e. The number of aliphatic hydroxyl groups excluding tert-OH is 2. The highest BCUT2D eigenvalue weighted by atomic mass is 16.3. The zero-order valence-corrected chi connectivity index (χ0v) is 9.56. The summed E-state index contributed by atoms with van der Waals surface area (Å²) in [5.41, 5.74) is 3.71. The van der Waals surface area contributed by atoms with Crippen LogP contribution in [0.5, 0.6) is 0 Å². The van der Waals surface area contributed by atoms with Crippen molar-refractivity contribution in [1.29, 1.82) is 0 Å². The summed E-state index contributed by atoms with van der Waals surface area (Å²) >= 11 is 0. The lowest BCUT2D eigenvalue weighted by atomic mass is 9.92. The van der Waals surface area contributed by atoms with E-state index >= 15 is 0 Å². The first-order chi connectivity index (χ1) is 8.45. The molecule has 8 nitrogen and oxygen atoms in total. The van der Waals surface area contributed by atoms with Gasteiger partial charge in [0.1, 0.15) is 30.3 Å². The molecule has 0 amide bonds. The van der Waals surface area contributed by atoms with Gasteiger partial charge in [-0.3, -0.25) is 0 Å². The van der Waals surface area contributed by atoms with Gasteiger partial charge in [0.25, 0.3) is 0 Å². The molecule has 4 unspecified atom stereocenters. The molecule has 0 aliphatic heterocycles. The van der Waals surface area contributed by atoms with Gasteiger partial charge in [-0.2, -0.15) is 0 Å². The fraction of sp³-hybridized carbons (Fsp3) is 0.600. The van der Waals surface area contributed by atoms with E-state index in [-0.39, 0.29) is 31.8 Å². The maximum absolute atomic E-state index is 10.7. The lowest BCUT2D eigenvalue weighted by Gasteiger charge is -2.26. The number of carbonyl (C=O) groups excluding carboxylic acids is 4. The quantitative estimate of drug-likeness (QED) is 0.296. The van der Waals surface area contributed by atoms with Crippen LogP contribution < -0.4 is 11.1 Å². The van der Waals surface area contributed by atoms with Crippen molar-refractivity contribution in [2.45, 2.75) is 30.2 Å². The summed E-state index contributed by atoms with van der Waals surface area (Å²) in [6, 6.07) is -1.13. The van der Waals surface area contributed by atoms with Crippen molar-refractivity contribution in [2.75, 3.05) is 6.54 Å². The first-order valence-corrected chi connectivity index (χ1v) is 5.15. The van der Waals surface area contributed by atoms with Crippen molar-refractivity contribution in [1.82, 2.24) is 5.32 Å². The second-order valence-electron chi connectivity index (χ2n) is 3.80. The molecule has 0 spiro atoms. The van der Waals surface area contributed by atoms with Gasteiger partial charge in [0.15, 0.2) is 12.6 Å². The van der Waals surface area contributed by atoms with Crippen LogP contribution in [0.3, 0.4) is 0 Å². The molecular weight excluding hydrogens is 244 g/mol. The van der Waals surface area contributed by atoms with Gasteiger partial charge >= 0.3 is 0 Å². The predicted molar refractivity (Wildman–Crippen MR) is 59.6 cm³/mol. The van der Waals surface area contributed by atoms with Gasteiger partial charge < -0.3 is 40.4 Å². The van der Waals surface area contributed by atoms with Gasteiger partial charge in [0.2, 0.25) is 0 Å².